The molecule has 7 rings (SSSR count). The molecule has 7 heteroatoms. The maximum atomic E-state index is 13.2. The van der Waals surface area contributed by atoms with Gasteiger partial charge in [0.25, 0.3) is 0 Å². The fraction of sp³-hybridized carbons (Fsp3) is 0.333. The van der Waals surface area contributed by atoms with Crippen molar-refractivity contribution in [1.82, 2.24) is 4.57 Å². The minimum atomic E-state index is -0.151. The van der Waals surface area contributed by atoms with Crippen molar-refractivity contribution in [2.24, 2.45) is 17.8 Å². The summed E-state index contributed by atoms with van der Waals surface area (Å²) in [4.78, 5) is 28.9. The van der Waals surface area contributed by atoms with E-state index in [4.69, 9.17) is 0 Å². The van der Waals surface area contributed by atoms with Crippen LogP contribution in [0.2, 0.25) is 0 Å². The Labute approximate surface area is 210 Å². The van der Waals surface area contributed by atoms with Gasteiger partial charge in [-0.2, -0.15) is 0 Å². The number of carbonyl (C=O) groups excluding carboxylic acids is 1. The van der Waals surface area contributed by atoms with Crippen molar-refractivity contribution in [3.05, 3.63) is 79.4 Å². The highest BCUT2D eigenvalue weighted by atomic mass is 32.2. The minimum absolute atomic E-state index is 0.0144. The monoisotopic (exact) mass is 504 g/mol. The zero-order chi connectivity index (χ0) is 22.8. The number of fused-ring (bicyclic) bond motifs is 7. The lowest BCUT2D eigenvalue weighted by Gasteiger charge is -2.40. The van der Waals surface area contributed by atoms with Crippen LogP contribution in [0.1, 0.15) is 34.9 Å². The van der Waals surface area contributed by atoms with Crippen molar-refractivity contribution in [3.63, 3.8) is 0 Å². The van der Waals surface area contributed by atoms with Crippen molar-refractivity contribution in [2.75, 3.05) is 5.32 Å². The van der Waals surface area contributed by atoms with E-state index in [0.29, 0.717) is 17.1 Å². The number of thioether (sulfide) groups is 1. The van der Waals surface area contributed by atoms with E-state index < -0.39 is 0 Å². The second-order valence-electron chi connectivity index (χ2n) is 9.68. The number of carbonyl (C=O) groups is 1. The molecule has 2 aromatic heterocycles. The Bertz CT molecular complexity index is 1450. The minimum Gasteiger partial charge on any atom is -0.324 e. The molecule has 0 saturated heterocycles. The van der Waals surface area contributed by atoms with Gasteiger partial charge in [0.05, 0.1) is 5.03 Å². The third kappa shape index (κ3) is 3.24. The van der Waals surface area contributed by atoms with E-state index in [2.05, 4.69) is 22.8 Å². The molecule has 5 unspecified atom stereocenters. The van der Waals surface area contributed by atoms with Crippen LogP contribution in [-0.2, 0) is 11.3 Å². The molecule has 1 aliphatic heterocycles. The Balaban J connectivity index is 1.24. The summed E-state index contributed by atoms with van der Waals surface area (Å²) in [6.07, 6.45) is 3.96. The molecule has 172 valence electrons. The second-order valence-corrected chi connectivity index (χ2v) is 12.8. The lowest BCUT2D eigenvalue weighted by atomic mass is 9.77. The van der Waals surface area contributed by atoms with Crippen LogP contribution >= 0.6 is 34.4 Å². The number of nitrogens with one attached hydrogen (secondary N) is 1. The van der Waals surface area contributed by atoms with Gasteiger partial charge in [-0.25, -0.2) is 0 Å². The Morgan fingerprint density at radius 2 is 1.88 bits per heavy atom. The molecule has 0 spiro atoms. The van der Waals surface area contributed by atoms with E-state index in [0.717, 1.165) is 33.3 Å². The van der Waals surface area contributed by atoms with E-state index >= 15 is 0 Å². The van der Waals surface area contributed by atoms with Crippen LogP contribution in [0.5, 0.6) is 0 Å². The van der Waals surface area contributed by atoms with E-state index in [9.17, 15) is 9.59 Å². The topological polar surface area (TPSA) is 51.1 Å². The number of aromatic nitrogens is 1. The maximum Gasteiger partial charge on any atom is 0.308 e. The van der Waals surface area contributed by atoms with Crippen LogP contribution in [-0.4, -0.2) is 15.7 Å². The van der Waals surface area contributed by atoms with Crippen LogP contribution < -0.4 is 10.2 Å². The summed E-state index contributed by atoms with van der Waals surface area (Å²) in [5.41, 5.74) is 0.789. The van der Waals surface area contributed by atoms with Crippen LogP contribution in [0.15, 0.2) is 69.8 Å². The molecule has 1 amide bonds. The standard InChI is InChI=1S/C27H24N2O2S3/c30-21(28-19-8-3-6-15-5-1-2-7-18(15)19)14-29-26-25(34-27(29)31)23(20-9-4-12-32-20)22-16-10-11-17(13-16)24(22)33-26/h1-9,12,16-17,22-24H,10-11,13-14H2,(H,28,30). The number of amides is 1. The number of hydrogen-bond donors (Lipinski definition) is 1. The van der Waals surface area contributed by atoms with Gasteiger partial charge in [0.1, 0.15) is 6.54 Å². The average molecular weight is 505 g/mol. The molecule has 3 aliphatic rings. The van der Waals surface area contributed by atoms with E-state index in [1.54, 1.807) is 4.57 Å². The number of rotatable bonds is 4. The molecule has 0 radical (unpaired) electrons. The van der Waals surface area contributed by atoms with Gasteiger partial charge in [0, 0.05) is 32.0 Å². The fourth-order valence-electron chi connectivity index (χ4n) is 6.54. The summed E-state index contributed by atoms with van der Waals surface area (Å²) in [6, 6.07) is 18.3. The Hall–Kier alpha value is -2.35. The van der Waals surface area contributed by atoms with Crippen molar-refractivity contribution in [1.29, 1.82) is 0 Å². The van der Waals surface area contributed by atoms with Crippen molar-refractivity contribution < 1.29 is 4.79 Å². The predicted molar refractivity (Wildman–Crippen MR) is 141 cm³/mol. The van der Waals surface area contributed by atoms with Crippen molar-refractivity contribution >= 4 is 56.8 Å². The molecule has 2 saturated carbocycles. The summed E-state index contributed by atoms with van der Waals surface area (Å²) in [5.74, 6) is 2.27. The zero-order valence-corrected chi connectivity index (χ0v) is 20.9. The number of nitrogens with zero attached hydrogens (tertiary/aromatic N) is 1. The van der Waals surface area contributed by atoms with Crippen molar-refractivity contribution in [3.8, 4) is 0 Å². The van der Waals surface area contributed by atoms with E-state index in [1.807, 2.05) is 65.6 Å². The zero-order valence-electron chi connectivity index (χ0n) is 18.5. The van der Waals surface area contributed by atoms with E-state index in [-0.39, 0.29) is 17.3 Å². The highest BCUT2D eigenvalue weighted by molar-refractivity contribution is 8.00. The molecule has 5 atom stereocenters. The summed E-state index contributed by atoms with van der Waals surface area (Å²) in [7, 11) is 0. The highest BCUT2D eigenvalue weighted by Crippen LogP contribution is 2.64. The number of hydrogen-bond acceptors (Lipinski definition) is 5. The molecule has 2 aliphatic carbocycles. The first-order valence-electron chi connectivity index (χ1n) is 11.9. The second kappa shape index (κ2) is 8.11. The molecule has 1 N–H and O–H groups in total. The lowest BCUT2D eigenvalue weighted by Crippen LogP contribution is -2.34. The van der Waals surface area contributed by atoms with Crippen LogP contribution in [0.4, 0.5) is 5.69 Å². The Kier molecular flexibility index (Phi) is 5.00. The predicted octanol–water partition coefficient (Wildman–Crippen LogP) is 6.42. The molecule has 4 aromatic rings. The van der Waals surface area contributed by atoms with Gasteiger partial charge in [0.2, 0.25) is 5.91 Å². The van der Waals surface area contributed by atoms with Gasteiger partial charge in [0.15, 0.2) is 0 Å². The molecule has 2 fully saturated rings. The van der Waals surface area contributed by atoms with Crippen molar-refractivity contribution in [2.45, 2.75) is 42.0 Å². The third-order valence-electron chi connectivity index (χ3n) is 7.91. The summed E-state index contributed by atoms with van der Waals surface area (Å²) < 4.78 is 1.74. The highest BCUT2D eigenvalue weighted by Gasteiger charge is 2.55. The smallest absolute Gasteiger partial charge is 0.308 e. The van der Waals surface area contributed by atoms with Crippen LogP contribution in [0.3, 0.4) is 0 Å². The number of anilines is 1. The number of thiophene rings is 1. The maximum absolute atomic E-state index is 13.2. The van der Waals surface area contributed by atoms with Crippen LogP contribution in [0, 0.1) is 17.8 Å². The lowest BCUT2D eigenvalue weighted by molar-refractivity contribution is -0.116. The largest absolute Gasteiger partial charge is 0.324 e. The summed E-state index contributed by atoms with van der Waals surface area (Å²) in [5, 5.41) is 8.90. The first kappa shape index (κ1) is 21.0. The quantitative estimate of drug-likeness (QED) is 0.349. The normalized spacial score (nSPS) is 27.0. The number of benzene rings is 2. The molecular weight excluding hydrogens is 481 g/mol. The average Bonchev–Trinajstić information content (AvgIpc) is 3.64. The molecule has 3 heterocycles. The van der Waals surface area contributed by atoms with Gasteiger partial charge in [-0.05, 0) is 59.9 Å². The SMILES string of the molecule is O=C(Cn1c2c(sc1=O)C(c1cccs1)C1C3CCC(C3)C1S2)Nc1cccc2ccccc12. The van der Waals surface area contributed by atoms with Crippen LogP contribution in [0.25, 0.3) is 10.8 Å². The van der Waals surface area contributed by atoms with Gasteiger partial charge in [-0.3, -0.25) is 14.2 Å². The summed E-state index contributed by atoms with van der Waals surface area (Å²) in [6.45, 7) is 0.0591. The van der Waals surface area contributed by atoms with Gasteiger partial charge >= 0.3 is 4.87 Å². The Morgan fingerprint density at radius 1 is 1.03 bits per heavy atom. The van der Waals surface area contributed by atoms with E-state index in [1.165, 1.54) is 40.4 Å². The number of thiazole rings is 1. The summed E-state index contributed by atoms with van der Waals surface area (Å²) >= 11 is 5.06. The van der Waals surface area contributed by atoms with Gasteiger partial charge in [-0.1, -0.05) is 53.8 Å². The van der Waals surface area contributed by atoms with Gasteiger partial charge < -0.3 is 5.32 Å². The fourth-order valence-corrected chi connectivity index (χ4v) is 10.7. The molecule has 34 heavy (non-hydrogen) atoms. The third-order valence-corrected chi connectivity index (χ3v) is 11.7. The molecular formula is C27H24N2O2S3. The molecule has 2 aromatic carbocycles. The molecule has 2 bridgehead atoms. The Morgan fingerprint density at radius 3 is 2.76 bits per heavy atom. The first-order chi connectivity index (χ1) is 16.7. The van der Waals surface area contributed by atoms with Gasteiger partial charge in [-0.15, -0.1) is 23.1 Å². The molecule has 4 nitrogen and oxygen atoms in total. The first-order valence-corrected chi connectivity index (χ1v) is 14.5.